The molecule has 0 saturated carbocycles. The summed E-state index contributed by atoms with van der Waals surface area (Å²) in [5.41, 5.74) is 4.97. The summed E-state index contributed by atoms with van der Waals surface area (Å²) in [5.74, 6) is 0.141. The number of hydrogen-bond acceptors (Lipinski definition) is 2. The van der Waals surface area contributed by atoms with Crippen molar-refractivity contribution in [1.29, 1.82) is 0 Å². The smallest absolute Gasteiger partial charge is 0.159 e. The van der Waals surface area contributed by atoms with Crippen LogP contribution in [0.4, 0.5) is 0 Å². The summed E-state index contributed by atoms with van der Waals surface area (Å²) < 4.78 is 0. The molecule has 0 aliphatic carbocycles. The average molecular weight is 113 g/mol. The van der Waals surface area contributed by atoms with E-state index in [-0.39, 0.29) is 11.7 Å². The van der Waals surface area contributed by atoms with Gasteiger partial charge in [0.15, 0.2) is 5.78 Å². The molecule has 2 N–H and O–H groups in total. The second-order valence-corrected chi connectivity index (χ2v) is 1.92. The van der Waals surface area contributed by atoms with E-state index in [2.05, 4.69) is 0 Å². The number of carbonyl (C=O) groups is 1. The second kappa shape index (κ2) is 3.24. The zero-order valence-electron chi connectivity index (χ0n) is 5.22. The molecule has 0 bridgehead atoms. The Morgan fingerprint density at radius 2 is 2.12 bits per heavy atom. The fourth-order valence-corrected chi connectivity index (χ4v) is 0.287. The highest BCUT2D eigenvalue weighted by atomic mass is 16.1. The van der Waals surface area contributed by atoms with Crippen LogP contribution in [0, 0.1) is 5.92 Å². The summed E-state index contributed by atoms with van der Waals surface area (Å²) >= 11 is 0. The Morgan fingerprint density at radius 1 is 1.62 bits per heavy atom. The molecule has 0 amide bonds. The Labute approximate surface area is 49.4 Å². The summed E-state index contributed by atoms with van der Waals surface area (Å²) in [5, 5.41) is 0. The van der Waals surface area contributed by atoms with Gasteiger partial charge in [-0.1, -0.05) is 13.8 Å². The molecular weight excluding hydrogens is 102 g/mol. The maximum atomic E-state index is 10.6. The van der Waals surface area contributed by atoms with Crippen LogP contribution in [-0.4, -0.2) is 5.78 Å². The Balaban J connectivity index is 3.66. The van der Waals surface area contributed by atoms with Gasteiger partial charge in [0, 0.05) is 5.92 Å². The zero-order chi connectivity index (χ0) is 6.57. The number of nitrogens with two attached hydrogens (primary N) is 1. The molecule has 0 fully saturated rings. The lowest BCUT2D eigenvalue weighted by atomic mass is 10.1. The van der Waals surface area contributed by atoms with E-state index in [9.17, 15) is 4.79 Å². The van der Waals surface area contributed by atoms with Gasteiger partial charge in [-0.25, -0.2) is 0 Å². The van der Waals surface area contributed by atoms with Gasteiger partial charge in [0.1, 0.15) is 0 Å². The van der Waals surface area contributed by atoms with Crippen molar-refractivity contribution in [1.82, 2.24) is 0 Å². The Hall–Kier alpha value is -0.790. The van der Waals surface area contributed by atoms with Crippen LogP contribution in [0.5, 0.6) is 0 Å². The third-order valence-electron chi connectivity index (χ3n) is 0.830. The van der Waals surface area contributed by atoms with E-state index in [0.717, 1.165) is 0 Å². The minimum Gasteiger partial charge on any atom is -0.404 e. The van der Waals surface area contributed by atoms with Crippen molar-refractivity contribution in [3.8, 4) is 0 Å². The van der Waals surface area contributed by atoms with E-state index < -0.39 is 0 Å². The van der Waals surface area contributed by atoms with Gasteiger partial charge >= 0.3 is 0 Å². The van der Waals surface area contributed by atoms with E-state index in [4.69, 9.17) is 5.73 Å². The molecular formula is C6H11NO. The summed E-state index contributed by atoms with van der Waals surface area (Å²) in [4.78, 5) is 10.6. The molecule has 0 heterocycles. The van der Waals surface area contributed by atoms with Crippen LogP contribution in [-0.2, 0) is 4.79 Å². The predicted molar refractivity (Wildman–Crippen MR) is 33.2 cm³/mol. The molecule has 0 aliphatic rings. The van der Waals surface area contributed by atoms with Crippen LogP contribution in [0.15, 0.2) is 12.3 Å². The van der Waals surface area contributed by atoms with Gasteiger partial charge in [0.25, 0.3) is 0 Å². The van der Waals surface area contributed by atoms with Gasteiger partial charge in [-0.3, -0.25) is 4.79 Å². The highest BCUT2D eigenvalue weighted by Gasteiger charge is 1.99. The predicted octanol–water partition coefficient (Wildman–Crippen LogP) is 0.684. The second-order valence-electron chi connectivity index (χ2n) is 1.92. The molecule has 0 spiro atoms. The third kappa shape index (κ3) is 2.39. The third-order valence-corrected chi connectivity index (χ3v) is 0.830. The van der Waals surface area contributed by atoms with Gasteiger partial charge < -0.3 is 5.73 Å². The fraction of sp³-hybridized carbons (Fsp3) is 0.500. The van der Waals surface area contributed by atoms with Crippen molar-refractivity contribution >= 4 is 5.78 Å². The van der Waals surface area contributed by atoms with Crippen molar-refractivity contribution in [2.75, 3.05) is 0 Å². The summed E-state index contributed by atoms with van der Waals surface area (Å²) in [7, 11) is 0. The van der Waals surface area contributed by atoms with Gasteiger partial charge in [-0.05, 0) is 12.3 Å². The van der Waals surface area contributed by atoms with E-state index in [1.165, 1.54) is 12.3 Å². The molecule has 0 unspecified atom stereocenters. The minimum atomic E-state index is 0.0646. The molecule has 0 rings (SSSR count). The Morgan fingerprint density at radius 3 is 2.25 bits per heavy atom. The monoisotopic (exact) mass is 113 g/mol. The first kappa shape index (κ1) is 7.21. The first-order valence-corrected chi connectivity index (χ1v) is 2.60. The van der Waals surface area contributed by atoms with Gasteiger partial charge in [-0.2, -0.15) is 0 Å². The summed E-state index contributed by atoms with van der Waals surface area (Å²) in [6.07, 6.45) is 2.65. The number of rotatable bonds is 2. The first-order chi connectivity index (χ1) is 3.68. The van der Waals surface area contributed by atoms with Crippen LogP contribution >= 0.6 is 0 Å². The lowest BCUT2D eigenvalue weighted by Crippen LogP contribution is -2.02. The lowest BCUT2D eigenvalue weighted by molar-refractivity contribution is -0.117. The molecule has 0 aromatic heterocycles. The van der Waals surface area contributed by atoms with Crippen LogP contribution in [0.25, 0.3) is 0 Å². The van der Waals surface area contributed by atoms with Gasteiger partial charge in [0.05, 0.1) is 0 Å². The van der Waals surface area contributed by atoms with Crippen LogP contribution in [0.3, 0.4) is 0 Å². The first-order valence-electron chi connectivity index (χ1n) is 2.60. The Kier molecular flexibility index (Phi) is 2.92. The molecule has 0 aromatic rings. The van der Waals surface area contributed by atoms with Crippen LogP contribution < -0.4 is 5.73 Å². The van der Waals surface area contributed by atoms with Gasteiger partial charge in [-0.15, -0.1) is 0 Å². The number of carbonyl (C=O) groups excluding carboxylic acids is 1. The van der Waals surface area contributed by atoms with E-state index in [1.807, 2.05) is 13.8 Å². The maximum absolute atomic E-state index is 10.6. The van der Waals surface area contributed by atoms with E-state index in [0.29, 0.717) is 0 Å². The number of ketones is 1. The molecule has 0 aliphatic heterocycles. The Bertz CT molecular complexity index is 105. The van der Waals surface area contributed by atoms with Crippen molar-refractivity contribution in [3.05, 3.63) is 12.3 Å². The lowest BCUT2D eigenvalue weighted by Gasteiger charge is -1.93. The van der Waals surface area contributed by atoms with Crippen molar-refractivity contribution in [3.63, 3.8) is 0 Å². The zero-order valence-corrected chi connectivity index (χ0v) is 5.22. The normalized spacial score (nSPS) is 10.9. The molecule has 46 valence electrons. The largest absolute Gasteiger partial charge is 0.404 e. The molecule has 2 nitrogen and oxygen atoms in total. The molecule has 0 saturated heterocycles. The standard InChI is InChI=1S/C6H11NO/c1-5(2)6(8)3-4-7/h3-5H,7H2,1-2H3/b4-3-. The topological polar surface area (TPSA) is 43.1 Å². The highest BCUT2D eigenvalue weighted by Crippen LogP contribution is 1.93. The molecule has 0 aromatic carbocycles. The van der Waals surface area contributed by atoms with E-state index >= 15 is 0 Å². The SMILES string of the molecule is CC(C)C(=O)/C=C\N. The average Bonchev–Trinajstić information content (AvgIpc) is 1.67. The summed E-state index contributed by atoms with van der Waals surface area (Å²) in [6.45, 7) is 3.67. The fourth-order valence-electron chi connectivity index (χ4n) is 0.287. The quantitative estimate of drug-likeness (QED) is 0.535. The molecule has 0 radical (unpaired) electrons. The summed E-state index contributed by atoms with van der Waals surface area (Å²) in [6, 6.07) is 0. The number of allylic oxidation sites excluding steroid dienone is 1. The maximum Gasteiger partial charge on any atom is 0.159 e. The van der Waals surface area contributed by atoms with E-state index in [1.54, 1.807) is 0 Å². The van der Waals surface area contributed by atoms with Crippen LogP contribution in [0.2, 0.25) is 0 Å². The molecule has 2 heteroatoms. The van der Waals surface area contributed by atoms with Crippen molar-refractivity contribution < 1.29 is 4.79 Å². The minimum absolute atomic E-state index is 0.0646. The molecule has 0 atom stereocenters. The van der Waals surface area contributed by atoms with Crippen molar-refractivity contribution in [2.24, 2.45) is 11.7 Å². The highest BCUT2D eigenvalue weighted by molar-refractivity contribution is 5.90. The number of hydrogen-bond donors (Lipinski definition) is 1. The molecule has 8 heavy (non-hydrogen) atoms. The van der Waals surface area contributed by atoms with Crippen molar-refractivity contribution in [2.45, 2.75) is 13.8 Å². The van der Waals surface area contributed by atoms with Gasteiger partial charge in [0.2, 0.25) is 0 Å². The van der Waals surface area contributed by atoms with Crippen LogP contribution in [0.1, 0.15) is 13.8 Å².